The van der Waals surface area contributed by atoms with E-state index >= 15 is 0 Å². The van der Waals surface area contributed by atoms with Crippen LogP contribution in [0.1, 0.15) is 24.4 Å². The van der Waals surface area contributed by atoms with Crippen LogP contribution in [0.3, 0.4) is 0 Å². The lowest BCUT2D eigenvalue weighted by atomic mass is 10.2. The van der Waals surface area contributed by atoms with Crippen LogP contribution in [0.15, 0.2) is 59.1 Å². The molecule has 0 radical (unpaired) electrons. The zero-order valence-corrected chi connectivity index (χ0v) is 20.7. The van der Waals surface area contributed by atoms with Gasteiger partial charge in [0.2, 0.25) is 5.91 Å². The number of nitrogens with one attached hydrogen (secondary N) is 1. The predicted octanol–water partition coefficient (Wildman–Crippen LogP) is 5.77. The van der Waals surface area contributed by atoms with Crippen molar-refractivity contribution in [2.75, 3.05) is 11.1 Å². The van der Waals surface area contributed by atoms with Crippen molar-refractivity contribution in [3.63, 3.8) is 0 Å². The average Bonchev–Trinajstić information content (AvgIpc) is 3.42. The van der Waals surface area contributed by atoms with Crippen LogP contribution >= 0.6 is 34.7 Å². The largest absolute Gasteiger partial charge is 0.483 e. The summed E-state index contributed by atoms with van der Waals surface area (Å²) in [6.45, 7) is 3.83. The lowest BCUT2D eigenvalue weighted by molar-refractivity contribution is -0.113. The van der Waals surface area contributed by atoms with Crippen LogP contribution in [0.25, 0.3) is 11.3 Å². The molecule has 1 atom stereocenters. The van der Waals surface area contributed by atoms with Crippen LogP contribution < -0.4 is 10.1 Å². The third-order valence-corrected chi connectivity index (χ3v) is 7.03. The zero-order valence-electron chi connectivity index (χ0n) is 18.3. The van der Waals surface area contributed by atoms with E-state index in [9.17, 15) is 4.79 Å². The molecule has 10 heteroatoms. The number of rotatable bonds is 8. The van der Waals surface area contributed by atoms with Crippen molar-refractivity contribution in [2.45, 2.75) is 25.1 Å². The first kappa shape index (κ1) is 23.3. The molecule has 33 heavy (non-hydrogen) atoms. The van der Waals surface area contributed by atoms with Gasteiger partial charge in [-0.25, -0.2) is 4.98 Å². The van der Waals surface area contributed by atoms with E-state index in [-0.39, 0.29) is 17.8 Å². The van der Waals surface area contributed by atoms with Crippen LogP contribution in [-0.2, 0) is 11.8 Å². The van der Waals surface area contributed by atoms with Crippen LogP contribution in [0.2, 0.25) is 5.02 Å². The van der Waals surface area contributed by atoms with Gasteiger partial charge in [0.1, 0.15) is 5.75 Å². The molecule has 0 spiro atoms. The number of amides is 1. The fourth-order valence-corrected chi connectivity index (χ4v) is 4.68. The lowest BCUT2D eigenvalue weighted by Gasteiger charge is -2.15. The number of anilines is 1. The van der Waals surface area contributed by atoms with Crippen molar-refractivity contribution in [2.24, 2.45) is 7.05 Å². The van der Waals surface area contributed by atoms with E-state index in [1.54, 1.807) is 6.07 Å². The molecule has 1 N–H and O–H groups in total. The van der Waals surface area contributed by atoms with Gasteiger partial charge in [0, 0.05) is 23.0 Å². The van der Waals surface area contributed by atoms with Crippen molar-refractivity contribution in [3.8, 4) is 17.0 Å². The Bertz CT molecular complexity index is 1260. The topological polar surface area (TPSA) is 81.9 Å². The van der Waals surface area contributed by atoms with Gasteiger partial charge in [0.25, 0.3) is 0 Å². The SMILES string of the molecule is Cc1cc(OC(C)c2nnc(SCC(=O)Nc3nc(-c4ccccc4)cs3)n2C)ccc1Cl. The first-order valence-corrected chi connectivity index (χ1v) is 12.4. The number of hydrogen-bond donors (Lipinski definition) is 1. The van der Waals surface area contributed by atoms with Gasteiger partial charge < -0.3 is 14.6 Å². The molecule has 0 aliphatic rings. The summed E-state index contributed by atoms with van der Waals surface area (Å²) in [6.07, 6.45) is -0.321. The maximum absolute atomic E-state index is 12.4. The Morgan fingerprint density at radius 2 is 2.03 bits per heavy atom. The van der Waals surface area contributed by atoms with Crippen LogP contribution in [0.4, 0.5) is 5.13 Å². The highest BCUT2D eigenvalue weighted by molar-refractivity contribution is 7.99. The van der Waals surface area contributed by atoms with E-state index in [0.29, 0.717) is 26.9 Å². The smallest absolute Gasteiger partial charge is 0.236 e. The fraction of sp³-hybridized carbons (Fsp3) is 0.217. The summed E-state index contributed by atoms with van der Waals surface area (Å²) in [4.78, 5) is 16.9. The van der Waals surface area contributed by atoms with E-state index in [1.165, 1.54) is 23.1 Å². The third kappa shape index (κ3) is 5.73. The highest BCUT2D eigenvalue weighted by atomic mass is 35.5. The molecule has 7 nitrogen and oxygen atoms in total. The first-order chi connectivity index (χ1) is 15.9. The standard InChI is InChI=1S/C23H22ClN5O2S2/c1-14-11-17(9-10-18(14)24)31-15(2)21-27-28-23(29(21)3)33-13-20(30)26-22-25-19(12-32-22)16-7-5-4-6-8-16/h4-12,15H,13H2,1-3H3,(H,25,26,30). The maximum atomic E-state index is 12.4. The number of thioether (sulfide) groups is 1. The van der Waals surface area contributed by atoms with E-state index < -0.39 is 0 Å². The zero-order chi connectivity index (χ0) is 23.4. The minimum atomic E-state index is -0.321. The highest BCUT2D eigenvalue weighted by Gasteiger charge is 2.18. The quantitative estimate of drug-likeness (QED) is 0.310. The van der Waals surface area contributed by atoms with Crippen molar-refractivity contribution in [1.82, 2.24) is 19.7 Å². The van der Waals surface area contributed by atoms with Gasteiger partial charge in [-0.15, -0.1) is 21.5 Å². The van der Waals surface area contributed by atoms with E-state index in [0.717, 1.165) is 16.8 Å². The van der Waals surface area contributed by atoms with Crippen LogP contribution in [-0.4, -0.2) is 31.4 Å². The molecule has 2 aromatic heterocycles. The molecule has 1 amide bonds. The fourth-order valence-electron chi connectivity index (χ4n) is 3.11. The normalized spacial score (nSPS) is 11.9. The summed E-state index contributed by atoms with van der Waals surface area (Å²) in [5, 5.41) is 15.1. The summed E-state index contributed by atoms with van der Waals surface area (Å²) < 4.78 is 7.83. The molecule has 0 fully saturated rings. The number of benzene rings is 2. The number of carbonyl (C=O) groups excluding carboxylic acids is 1. The second-order valence-electron chi connectivity index (χ2n) is 7.31. The van der Waals surface area contributed by atoms with Crippen LogP contribution in [0.5, 0.6) is 5.75 Å². The maximum Gasteiger partial charge on any atom is 0.236 e. The number of ether oxygens (including phenoxy) is 1. The molecule has 0 saturated carbocycles. The number of nitrogens with zero attached hydrogens (tertiary/aromatic N) is 4. The Hall–Kier alpha value is -2.88. The summed E-state index contributed by atoms with van der Waals surface area (Å²) in [5.74, 6) is 1.41. The van der Waals surface area contributed by atoms with Crippen LogP contribution in [0, 0.1) is 6.92 Å². The Morgan fingerprint density at radius 1 is 1.24 bits per heavy atom. The predicted molar refractivity (Wildman–Crippen MR) is 133 cm³/mol. The molecule has 170 valence electrons. The summed E-state index contributed by atoms with van der Waals surface area (Å²) in [7, 11) is 1.86. The van der Waals surface area contributed by atoms with Crippen molar-refractivity contribution < 1.29 is 9.53 Å². The van der Waals surface area contributed by atoms with Gasteiger partial charge in [0.15, 0.2) is 22.2 Å². The molecule has 0 aliphatic heterocycles. The number of halogens is 1. The van der Waals surface area contributed by atoms with Gasteiger partial charge in [-0.3, -0.25) is 4.79 Å². The minimum absolute atomic E-state index is 0.153. The molecule has 0 aliphatic carbocycles. The summed E-state index contributed by atoms with van der Waals surface area (Å²) in [5.41, 5.74) is 2.80. The molecule has 4 aromatic rings. The Kier molecular flexibility index (Phi) is 7.32. The lowest BCUT2D eigenvalue weighted by Crippen LogP contribution is -2.14. The molecule has 1 unspecified atom stereocenters. The molecule has 0 saturated heterocycles. The minimum Gasteiger partial charge on any atom is -0.483 e. The van der Waals surface area contributed by atoms with Crippen molar-refractivity contribution in [3.05, 3.63) is 70.3 Å². The Balaban J connectivity index is 1.33. The molecule has 0 bridgehead atoms. The number of hydrogen-bond acceptors (Lipinski definition) is 7. The van der Waals surface area contributed by atoms with Gasteiger partial charge >= 0.3 is 0 Å². The number of aromatic nitrogens is 4. The second-order valence-corrected chi connectivity index (χ2v) is 9.52. The Labute approximate surface area is 205 Å². The summed E-state index contributed by atoms with van der Waals surface area (Å²) in [6, 6.07) is 15.4. The molecular formula is C23H22ClN5O2S2. The monoisotopic (exact) mass is 499 g/mol. The van der Waals surface area contributed by atoms with Gasteiger partial charge in [-0.05, 0) is 37.6 Å². The molecule has 2 aromatic carbocycles. The van der Waals surface area contributed by atoms with E-state index in [2.05, 4.69) is 20.5 Å². The highest BCUT2D eigenvalue weighted by Crippen LogP contribution is 2.27. The number of carbonyl (C=O) groups is 1. The summed E-state index contributed by atoms with van der Waals surface area (Å²) >= 11 is 8.79. The molecule has 4 rings (SSSR count). The number of aryl methyl sites for hydroxylation is 1. The van der Waals surface area contributed by atoms with E-state index in [1.807, 2.05) is 73.3 Å². The van der Waals surface area contributed by atoms with Gasteiger partial charge in [-0.1, -0.05) is 53.7 Å². The third-order valence-electron chi connectivity index (χ3n) is 4.83. The average molecular weight is 500 g/mol. The Morgan fingerprint density at radius 3 is 2.79 bits per heavy atom. The van der Waals surface area contributed by atoms with Crippen molar-refractivity contribution >= 4 is 45.7 Å². The second kappa shape index (κ2) is 10.4. The van der Waals surface area contributed by atoms with Crippen molar-refractivity contribution in [1.29, 1.82) is 0 Å². The van der Waals surface area contributed by atoms with E-state index in [4.69, 9.17) is 16.3 Å². The number of thiazole rings is 1. The van der Waals surface area contributed by atoms with Gasteiger partial charge in [0.05, 0.1) is 11.4 Å². The molecular weight excluding hydrogens is 478 g/mol. The van der Waals surface area contributed by atoms with Gasteiger partial charge in [-0.2, -0.15) is 0 Å². The molecule has 2 heterocycles. The first-order valence-electron chi connectivity index (χ1n) is 10.2.